The standard InChI is InChI=1S/C26H21F2N3O4S/c1-26(27,28)35-17-13-15-18(16-14-17)36(29,33)30-19-7-6-10-22(25(19)32)31-20-8-2-4-11-23(20)34-24-12-5-3-9-21(24)31/h2-16,32H,1H3,(H2,29,30,33). The first-order valence-corrected chi connectivity index (χ1v) is 12.4. The van der Waals surface area contributed by atoms with Gasteiger partial charge in [0, 0.05) is 6.92 Å². The first-order valence-electron chi connectivity index (χ1n) is 10.8. The van der Waals surface area contributed by atoms with Crippen molar-refractivity contribution in [3.63, 3.8) is 0 Å². The van der Waals surface area contributed by atoms with Gasteiger partial charge >= 0.3 is 6.11 Å². The Labute approximate surface area is 206 Å². The molecule has 0 aliphatic carbocycles. The van der Waals surface area contributed by atoms with Gasteiger partial charge in [0.15, 0.2) is 27.2 Å². The third-order valence-corrected chi connectivity index (χ3v) is 6.84. The summed E-state index contributed by atoms with van der Waals surface area (Å²) in [7, 11) is -3.66. The van der Waals surface area contributed by atoms with Crippen LogP contribution in [0.25, 0.3) is 0 Å². The predicted octanol–water partition coefficient (Wildman–Crippen LogP) is 7.39. The fourth-order valence-corrected chi connectivity index (χ4v) is 4.99. The van der Waals surface area contributed by atoms with Crippen molar-refractivity contribution in [2.45, 2.75) is 17.9 Å². The van der Waals surface area contributed by atoms with Crippen LogP contribution in [-0.4, -0.2) is 15.4 Å². The van der Waals surface area contributed by atoms with E-state index in [0.717, 1.165) is 0 Å². The Hall–Kier alpha value is -4.31. The molecule has 5 rings (SSSR count). The Morgan fingerprint density at radius 2 is 1.44 bits per heavy atom. The van der Waals surface area contributed by atoms with Gasteiger partial charge in [-0.25, -0.2) is 8.99 Å². The molecule has 4 aromatic carbocycles. The number of alkyl halides is 2. The molecule has 184 valence electrons. The number of anilines is 4. The first kappa shape index (κ1) is 23.4. The Morgan fingerprint density at radius 3 is 2.03 bits per heavy atom. The van der Waals surface area contributed by atoms with Crippen molar-refractivity contribution >= 4 is 32.7 Å². The third-order valence-electron chi connectivity index (χ3n) is 5.39. The van der Waals surface area contributed by atoms with Gasteiger partial charge in [-0.2, -0.15) is 8.78 Å². The van der Waals surface area contributed by atoms with E-state index in [1.165, 1.54) is 30.3 Å². The average molecular weight is 510 g/mol. The van der Waals surface area contributed by atoms with Crippen LogP contribution in [0.2, 0.25) is 0 Å². The van der Waals surface area contributed by atoms with E-state index in [1.54, 1.807) is 12.1 Å². The quantitative estimate of drug-likeness (QED) is 0.207. The summed E-state index contributed by atoms with van der Waals surface area (Å²) in [5, 5.41) is 11.2. The van der Waals surface area contributed by atoms with Crippen LogP contribution in [0.15, 0.2) is 95.9 Å². The van der Waals surface area contributed by atoms with E-state index in [2.05, 4.69) is 9.46 Å². The van der Waals surface area contributed by atoms with Crippen LogP contribution >= 0.6 is 0 Å². The number of phenols is 1. The number of halogens is 2. The fourth-order valence-electron chi connectivity index (χ4n) is 3.88. The maximum atomic E-state index is 13.2. The third kappa shape index (κ3) is 4.50. The van der Waals surface area contributed by atoms with Gasteiger partial charge in [-0.05, 0) is 60.7 Å². The molecular weight excluding hydrogens is 488 g/mol. The number of benzene rings is 4. The molecule has 7 nitrogen and oxygen atoms in total. The van der Waals surface area contributed by atoms with Gasteiger partial charge in [0.1, 0.15) is 5.75 Å². The summed E-state index contributed by atoms with van der Waals surface area (Å²) >= 11 is 0. The lowest BCUT2D eigenvalue weighted by Crippen LogP contribution is -2.19. The molecule has 0 saturated carbocycles. The number of rotatable bonds is 6. The highest BCUT2D eigenvalue weighted by Crippen LogP contribution is 2.53. The molecule has 1 atom stereocenters. The molecule has 0 bridgehead atoms. The number of nitrogens with zero attached hydrogens (tertiary/aromatic N) is 1. The highest BCUT2D eigenvalue weighted by molar-refractivity contribution is 7.93. The van der Waals surface area contributed by atoms with E-state index in [9.17, 15) is 18.1 Å². The molecule has 1 heterocycles. The summed E-state index contributed by atoms with van der Waals surface area (Å²) < 4.78 is 60.8. The monoisotopic (exact) mass is 509 g/mol. The number of hydrogen-bond donors (Lipinski definition) is 3. The average Bonchev–Trinajstić information content (AvgIpc) is 2.83. The smallest absolute Gasteiger partial charge is 0.394 e. The Bertz CT molecular complexity index is 1490. The van der Waals surface area contributed by atoms with E-state index < -0.39 is 16.0 Å². The molecule has 0 aromatic heterocycles. The number of nitrogens with one attached hydrogen (secondary N) is 2. The molecule has 1 unspecified atom stereocenters. The molecule has 0 radical (unpaired) electrons. The van der Waals surface area contributed by atoms with Gasteiger partial charge in [0.2, 0.25) is 0 Å². The van der Waals surface area contributed by atoms with Crippen LogP contribution in [0, 0.1) is 4.78 Å². The maximum Gasteiger partial charge on any atom is 0.394 e. The Morgan fingerprint density at radius 1 is 0.889 bits per heavy atom. The normalized spacial score (nSPS) is 14.1. The topological polar surface area (TPSA) is 94.9 Å². The minimum atomic E-state index is -3.66. The number of para-hydroxylation sites is 5. The second kappa shape index (κ2) is 8.72. The van der Waals surface area contributed by atoms with Crippen LogP contribution in [0.1, 0.15) is 6.92 Å². The summed E-state index contributed by atoms with van der Waals surface area (Å²) in [6.45, 7) is 0.608. The molecule has 0 spiro atoms. The van der Waals surface area contributed by atoms with E-state index in [4.69, 9.17) is 9.52 Å². The van der Waals surface area contributed by atoms with Crippen LogP contribution in [-0.2, 0) is 9.92 Å². The number of phenolic OH excluding ortho intramolecular Hbond substituents is 1. The number of fused-ring (bicyclic) bond motifs is 2. The van der Waals surface area contributed by atoms with Crippen molar-refractivity contribution < 1.29 is 27.6 Å². The summed E-state index contributed by atoms with van der Waals surface area (Å²) in [5.41, 5.74) is 1.83. The molecule has 4 aromatic rings. The van der Waals surface area contributed by atoms with E-state index in [1.807, 2.05) is 53.4 Å². The molecule has 0 fully saturated rings. The van der Waals surface area contributed by atoms with Crippen LogP contribution in [0.3, 0.4) is 0 Å². The highest BCUT2D eigenvalue weighted by atomic mass is 32.2. The largest absolute Gasteiger partial charge is 0.504 e. The molecular formula is C26H21F2N3O4S. The summed E-state index contributed by atoms with van der Waals surface area (Å²) in [5.74, 6) is 0.835. The van der Waals surface area contributed by atoms with Crippen LogP contribution < -0.4 is 19.1 Å². The maximum absolute atomic E-state index is 13.2. The van der Waals surface area contributed by atoms with Crippen molar-refractivity contribution in [1.82, 2.24) is 0 Å². The summed E-state index contributed by atoms with van der Waals surface area (Å²) in [6.07, 6.45) is -3.37. The highest BCUT2D eigenvalue weighted by Gasteiger charge is 2.28. The zero-order valence-electron chi connectivity index (χ0n) is 18.9. The van der Waals surface area contributed by atoms with Crippen molar-refractivity contribution in [2.24, 2.45) is 0 Å². The molecule has 10 heteroatoms. The lowest BCUT2D eigenvalue weighted by molar-refractivity contribution is -0.158. The second-order valence-corrected chi connectivity index (χ2v) is 9.87. The van der Waals surface area contributed by atoms with Crippen LogP contribution in [0.4, 0.5) is 31.5 Å². The van der Waals surface area contributed by atoms with Crippen LogP contribution in [0.5, 0.6) is 23.0 Å². The fraction of sp³-hybridized carbons (Fsp3) is 0.0769. The van der Waals surface area contributed by atoms with E-state index in [-0.39, 0.29) is 22.1 Å². The van der Waals surface area contributed by atoms with Crippen molar-refractivity contribution in [3.8, 4) is 23.0 Å². The van der Waals surface area contributed by atoms with Gasteiger partial charge in [-0.3, -0.25) is 9.62 Å². The SMILES string of the molecule is CC(F)(F)Oc1ccc(S(=N)(=O)Nc2cccc(N3c4ccccc4Oc4ccccc43)c2O)cc1. The summed E-state index contributed by atoms with van der Waals surface area (Å²) in [4.78, 5) is 1.85. The molecule has 0 amide bonds. The van der Waals surface area contributed by atoms with E-state index >= 15 is 0 Å². The number of aromatic hydroxyl groups is 1. The van der Waals surface area contributed by atoms with Crippen molar-refractivity contribution in [2.75, 3.05) is 9.62 Å². The molecule has 3 N–H and O–H groups in total. The zero-order chi connectivity index (χ0) is 25.5. The second-order valence-electron chi connectivity index (χ2n) is 8.09. The van der Waals surface area contributed by atoms with Gasteiger partial charge in [0.25, 0.3) is 0 Å². The lowest BCUT2D eigenvalue weighted by Gasteiger charge is -2.33. The number of ether oxygens (including phenoxy) is 2. The predicted molar refractivity (Wildman–Crippen MR) is 133 cm³/mol. The van der Waals surface area contributed by atoms with Gasteiger partial charge in [-0.15, -0.1) is 0 Å². The molecule has 1 aliphatic rings. The minimum absolute atomic E-state index is 0.0288. The van der Waals surface area contributed by atoms with Crippen molar-refractivity contribution in [3.05, 3.63) is 91.0 Å². The van der Waals surface area contributed by atoms with Gasteiger partial charge < -0.3 is 14.6 Å². The van der Waals surface area contributed by atoms with Gasteiger partial charge in [0.05, 0.1) is 27.6 Å². The van der Waals surface area contributed by atoms with E-state index in [0.29, 0.717) is 35.5 Å². The molecule has 36 heavy (non-hydrogen) atoms. The number of hydrogen-bond acceptors (Lipinski definition) is 6. The Balaban J connectivity index is 1.50. The molecule has 0 saturated heterocycles. The summed E-state index contributed by atoms with van der Waals surface area (Å²) in [6, 6.07) is 24.5. The lowest BCUT2D eigenvalue weighted by atomic mass is 10.1. The first-order chi connectivity index (χ1) is 17.1. The zero-order valence-corrected chi connectivity index (χ0v) is 19.8. The molecule has 1 aliphatic heterocycles. The van der Waals surface area contributed by atoms with Crippen molar-refractivity contribution in [1.29, 1.82) is 4.78 Å². The Kier molecular flexibility index (Phi) is 5.68. The minimum Gasteiger partial charge on any atom is -0.504 e. The van der Waals surface area contributed by atoms with Gasteiger partial charge in [-0.1, -0.05) is 30.3 Å².